The number of methoxy groups -OCH3 is 1. The van der Waals surface area contributed by atoms with Crippen LogP contribution in [0.15, 0.2) is 36.4 Å². The molecule has 1 N–H and O–H groups in total. The number of nitrogens with one attached hydrogen (secondary N) is 1. The molecule has 1 atom stereocenters. The van der Waals surface area contributed by atoms with Crippen molar-refractivity contribution in [1.29, 1.82) is 0 Å². The normalized spacial score (nSPS) is 12.2. The molecule has 0 aromatic heterocycles. The predicted molar refractivity (Wildman–Crippen MR) is 85.4 cm³/mol. The standard InChI is InChI=1S/C15H14Cl3NO/c1-19-15(11-7-9(16)3-5-13(11)18)12-8-10(17)4-6-14(12)20-2/h3-8,15,19H,1-2H3. The second-order valence-corrected chi connectivity index (χ2v) is 5.55. The van der Waals surface area contributed by atoms with Crippen LogP contribution in [0, 0.1) is 0 Å². The van der Waals surface area contributed by atoms with Crippen molar-refractivity contribution in [3.63, 3.8) is 0 Å². The van der Waals surface area contributed by atoms with E-state index in [1.807, 2.05) is 25.2 Å². The number of benzene rings is 2. The first kappa shape index (κ1) is 15.5. The summed E-state index contributed by atoms with van der Waals surface area (Å²) < 4.78 is 5.40. The Hall–Kier alpha value is -0.930. The molecule has 2 rings (SSSR count). The van der Waals surface area contributed by atoms with E-state index in [2.05, 4.69) is 5.32 Å². The molecule has 0 saturated carbocycles. The molecule has 0 spiro atoms. The molecule has 5 heteroatoms. The molecule has 106 valence electrons. The lowest BCUT2D eigenvalue weighted by Crippen LogP contribution is -2.19. The Kier molecular flexibility index (Phi) is 5.17. The molecule has 1 unspecified atom stereocenters. The fourth-order valence-electron chi connectivity index (χ4n) is 2.15. The van der Waals surface area contributed by atoms with Crippen LogP contribution in [-0.4, -0.2) is 14.2 Å². The molecule has 0 bridgehead atoms. The maximum Gasteiger partial charge on any atom is 0.124 e. The Morgan fingerprint density at radius 3 is 2.15 bits per heavy atom. The first-order valence-electron chi connectivity index (χ1n) is 6.02. The summed E-state index contributed by atoms with van der Waals surface area (Å²) in [6.45, 7) is 0. The topological polar surface area (TPSA) is 21.3 Å². The van der Waals surface area contributed by atoms with Crippen LogP contribution in [0.25, 0.3) is 0 Å². The average Bonchev–Trinajstić information content (AvgIpc) is 2.44. The van der Waals surface area contributed by atoms with Crippen LogP contribution in [0.5, 0.6) is 5.75 Å². The van der Waals surface area contributed by atoms with E-state index in [-0.39, 0.29) is 6.04 Å². The van der Waals surface area contributed by atoms with Gasteiger partial charge in [0.05, 0.1) is 13.2 Å². The summed E-state index contributed by atoms with van der Waals surface area (Å²) in [4.78, 5) is 0. The Morgan fingerprint density at radius 2 is 1.55 bits per heavy atom. The van der Waals surface area contributed by atoms with Gasteiger partial charge < -0.3 is 10.1 Å². The molecule has 0 saturated heterocycles. The van der Waals surface area contributed by atoms with Crippen LogP contribution in [0.1, 0.15) is 17.2 Å². The lowest BCUT2D eigenvalue weighted by Gasteiger charge is -2.21. The quantitative estimate of drug-likeness (QED) is 0.855. The van der Waals surface area contributed by atoms with E-state index < -0.39 is 0 Å². The van der Waals surface area contributed by atoms with Crippen LogP contribution in [0.3, 0.4) is 0 Å². The van der Waals surface area contributed by atoms with Gasteiger partial charge in [-0.1, -0.05) is 34.8 Å². The van der Waals surface area contributed by atoms with E-state index in [0.717, 1.165) is 16.9 Å². The summed E-state index contributed by atoms with van der Waals surface area (Å²) in [6, 6.07) is 10.7. The minimum absolute atomic E-state index is 0.158. The number of hydrogen-bond donors (Lipinski definition) is 1. The van der Waals surface area contributed by atoms with Gasteiger partial charge >= 0.3 is 0 Å². The fourth-order valence-corrected chi connectivity index (χ4v) is 2.73. The highest BCUT2D eigenvalue weighted by Crippen LogP contribution is 2.36. The van der Waals surface area contributed by atoms with E-state index in [4.69, 9.17) is 39.5 Å². The Morgan fingerprint density at radius 1 is 0.950 bits per heavy atom. The van der Waals surface area contributed by atoms with Crippen LogP contribution in [0.4, 0.5) is 0 Å². The SMILES string of the molecule is CNC(c1cc(Cl)ccc1Cl)c1cc(Cl)ccc1OC. The highest BCUT2D eigenvalue weighted by molar-refractivity contribution is 6.33. The van der Waals surface area contributed by atoms with Gasteiger partial charge in [-0.15, -0.1) is 0 Å². The van der Waals surface area contributed by atoms with Gasteiger partial charge in [0.15, 0.2) is 0 Å². The van der Waals surface area contributed by atoms with Gasteiger partial charge in [0.25, 0.3) is 0 Å². The third-order valence-electron chi connectivity index (χ3n) is 3.06. The number of halogens is 3. The summed E-state index contributed by atoms with van der Waals surface area (Å²) in [5.41, 5.74) is 1.79. The van der Waals surface area contributed by atoms with Gasteiger partial charge in [-0.05, 0) is 49.0 Å². The predicted octanol–water partition coefficient (Wildman–Crippen LogP) is 4.96. The molecule has 0 radical (unpaired) electrons. The lowest BCUT2D eigenvalue weighted by molar-refractivity contribution is 0.405. The van der Waals surface area contributed by atoms with Gasteiger partial charge in [-0.25, -0.2) is 0 Å². The van der Waals surface area contributed by atoms with Crippen molar-refractivity contribution in [2.45, 2.75) is 6.04 Å². The van der Waals surface area contributed by atoms with Crippen molar-refractivity contribution < 1.29 is 4.74 Å². The summed E-state index contributed by atoms with van der Waals surface area (Å²) in [5.74, 6) is 0.741. The van der Waals surface area contributed by atoms with Crippen LogP contribution in [0.2, 0.25) is 15.1 Å². The van der Waals surface area contributed by atoms with Crippen LogP contribution in [-0.2, 0) is 0 Å². The molecule has 0 aliphatic rings. The van der Waals surface area contributed by atoms with Gasteiger partial charge in [-0.3, -0.25) is 0 Å². The Labute approximate surface area is 133 Å². The zero-order valence-corrected chi connectivity index (χ0v) is 13.4. The van der Waals surface area contributed by atoms with E-state index in [9.17, 15) is 0 Å². The summed E-state index contributed by atoms with van der Waals surface area (Å²) in [5, 5.41) is 5.13. The lowest BCUT2D eigenvalue weighted by atomic mass is 9.98. The molecule has 0 fully saturated rings. The second kappa shape index (κ2) is 6.68. The monoisotopic (exact) mass is 329 g/mol. The molecule has 0 heterocycles. The highest BCUT2D eigenvalue weighted by atomic mass is 35.5. The van der Waals surface area contributed by atoms with Crippen molar-refractivity contribution in [2.75, 3.05) is 14.2 Å². The Bertz CT molecular complexity index is 616. The maximum absolute atomic E-state index is 6.28. The molecule has 2 nitrogen and oxygen atoms in total. The Balaban J connectivity index is 2.57. The third-order valence-corrected chi connectivity index (χ3v) is 3.87. The van der Waals surface area contributed by atoms with Gasteiger partial charge in [0, 0.05) is 20.6 Å². The molecule has 20 heavy (non-hydrogen) atoms. The van der Waals surface area contributed by atoms with Crippen LogP contribution < -0.4 is 10.1 Å². The third kappa shape index (κ3) is 3.21. The van der Waals surface area contributed by atoms with Crippen molar-refractivity contribution in [2.24, 2.45) is 0 Å². The zero-order chi connectivity index (χ0) is 14.7. The number of ether oxygens (including phenoxy) is 1. The molecular weight excluding hydrogens is 317 g/mol. The van der Waals surface area contributed by atoms with E-state index in [1.54, 1.807) is 25.3 Å². The van der Waals surface area contributed by atoms with Crippen molar-refractivity contribution >= 4 is 34.8 Å². The number of rotatable bonds is 4. The van der Waals surface area contributed by atoms with E-state index in [1.165, 1.54) is 0 Å². The molecule has 0 aliphatic heterocycles. The summed E-state index contributed by atoms with van der Waals surface area (Å²) in [6.07, 6.45) is 0. The summed E-state index contributed by atoms with van der Waals surface area (Å²) in [7, 11) is 3.47. The van der Waals surface area contributed by atoms with Crippen molar-refractivity contribution in [1.82, 2.24) is 5.32 Å². The van der Waals surface area contributed by atoms with Gasteiger partial charge in [0.2, 0.25) is 0 Å². The van der Waals surface area contributed by atoms with Gasteiger partial charge in [-0.2, -0.15) is 0 Å². The van der Waals surface area contributed by atoms with Crippen molar-refractivity contribution in [3.05, 3.63) is 62.6 Å². The molecule has 0 aliphatic carbocycles. The van der Waals surface area contributed by atoms with Gasteiger partial charge in [0.1, 0.15) is 5.75 Å². The fraction of sp³-hybridized carbons (Fsp3) is 0.200. The maximum atomic E-state index is 6.28. The van der Waals surface area contributed by atoms with E-state index in [0.29, 0.717) is 15.1 Å². The second-order valence-electron chi connectivity index (χ2n) is 4.27. The zero-order valence-electron chi connectivity index (χ0n) is 11.1. The molecule has 2 aromatic rings. The first-order chi connectivity index (χ1) is 9.56. The van der Waals surface area contributed by atoms with Crippen LogP contribution >= 0.6 is 34.8 Å². The minimum Gasteiger partial charge on any atom is -0.496 e. The molecular formula is C15H14Cl3NO. The molecule has 0 amide bonds. The average molecular weight is 331 g/mol. The smallest absolute Gasteiger partial charge is 0.124 e. The number of hydrogen-bond acceptors (Lipinski definition) is 2. The largest absolute Gasteiger partial charge is 0.496 e. The van der Waals surface area contributed by atoms with Crippen molar-refractivity contribution in [3.8, 4) is 5.75 Å². The minimum atomic E-state index is -0.158. The van der Waals surface area contributed by atoms with E-state index >= 15 is 0 Å². The molecule has 2 aromatic carbocycles. The highest BCUT2D eigenvalue weighted by Gasteiger charge is 2.19. The summed E-state index contributed by atoms with van der Waals surface area (Å²) >= 11 is 18.4. The first-order valence-corrected chi connectivity index (χ1v) is 7.16.